The van der Waals surface area contributed by atoms with E-state index in [-0.39, 0.29) is 0 Å². The first-order valence-electron chi connectivity index (χ1n) is 85.5. The molecule has 0 aliphatic carbocycles. The number of hydrogen-bond acceptors (Lipinski definition) is 0. The van der Waals surface area contributed by atoms with Crippen LogP contribution in [0.5, 0.6) is 0 Å². The van der Waals surface area contributed by atoms with E-state index in [0.29, 0.717) is 0 Å². The molecule has 0 radical (unpaired) electrons. The fraction of sp³-hybridized carbons (Fsp3) is 0. The Morgan fingerprint density at radius 3 is 0.587 bits per heavy atom. The highest BCUT2D eigenvalue weighted by atomic mass is 14.3. The van der Waals surface area contributed by atoms with E-state index in [1.807, 2.05) is 0 Å². The molecule has 27 rings (SSSR count). The second-order valence-corrected chi connectivity index (χ2v) is 29.2. The Hall–Kier alpha value is -17.9. The van der Waals surface area contributed by atoms with Gasteiger partial charge in [0.2, 0.25) is 0 Å². The van der Waals surface area contributed by atoms with E-state index in [2.05, 4.69) is 0 Å². The summed E-state index contributed by atoms with van der Waals surface area (Å²) in [5.74, 6) is 0. The third-order valence-electron chi connectivity index (χ3n) is 21.4. The minimum absolute atomic E-state index is 0.614. The Kier molecular flexibility index (Phi) is 8.00. The van der Waals surface area contributed by atoms with E-state index in [0.717, 1.165) is 0 Å². The van der Waals surface area contributed by atoms with Gasteiger partial charge in [-0.2, -0.15) is 0 Å². The van der Waals surface area contributed by atoms with Crippen LogP contribution in [0.15, 0.2) is 544 Å². The van der Waals surface area contributed by atoms with Crippen LogP contribution in [0.25, 0.3) is 263 Å². The van der Waals surface area contributed by atoms with Crippen LogP contribution < -0.4 is 0 Å². The molecule has 0 spiro atoms. The summed E-state index contributed by atoms with van der Waals surface area (Å²) in [7, 11) is 0. The first-order valence-corrected chi connectivity index (χ1v) is 40.5. The van der Waals surface area contributed by atoms with E-state index in [1.54, 1.807) is 0 Å². The van der Waals surface area contributed by atoms with Gasteiger partial charge < -0.3 is 0 Å². The topological polar surface area (TPSA) is 0 Å². The molecule has 138 heavy (non-hydrogen) atoms. The fourth-order valence-electron chi connectivity index (χ4n) is 15.4. The zero-order valence-electron chi connectivity index (χ0n) is 159. The third kappa shape index (κ3) is 15.3. The van der Waals surface area contributed by atoms with Crippen molar-refractivity contribution in [1.29, 1.82) is 0 Å². The van der Waals surface area contributed by atoms with Gasteiger partial charge in [0.25, 0.3) is 0 Å². The van der Waals surface area contributed by atoms with Crippen LogP contribution in [0.4, 0.5) is 0 Å². The van der Waals surface area contributed by atoms with Crippen LogP contribution in [0.1, 0.15) is 123 Å². The van der Waals surface area contributed by atoms with Gasteiger partial charge in [0.05, 0.1) is 123 Å². The van der Waals surface area contributed by atoms with Gasteiger partial charge in [-0.15, -0.1) is 0 Å². The molecule has 642 valence electrons. The molecule has 0 aromatic heterocycles. The Balaban J connectivity index is 0.000000161. The SMILES string of the molecule is [2H]c1c([2H])c([2H])c(-c2c([2H])c([2H])c(-c3c4c([2H])c([2H])c([2H])c([2H])c4c(-c4c([2H])c([2H])c5c([2H])c([2H])c([2H])c([2H])c5c4[2H])c4c([2H])c(-c5c([2H])c([2H])c6c([2H])c([2H])c([2H])c([2H])c6c5[2H])c([2H])c([2H])c34)c([2H])c2[2H])c([2H])c1[2H].[2H]c1c([2H])c([2H])c(-c2c([2H])c([2H])c(-c3c4c([2H])c([2H])c([2H])c([2H])c4c(-c4c([2H])c([2H])c5c([2H])c([2H])c([2H])c([2H])c5c4[2H])c4c([2H])c([2H])c(-c5c([2H])c([2H])c([2H])c6c([2H])c([2H])c([2H])c([2H])c56)c([2H])c34)c([2H])c2[2H])c([2H])c1[2H].[2H]c1c([2H])c([2H])c(-c2c([2H])c([2H])c(-c3c4c([2H])c([2H])c([2H])c([2H])c4c(-c4c([2H])c([2H])c5c([2H])c([2H])c([2H])c([2H])c5c4[2H])c4c([2H])c([2H])c(-c5c([2H])c([2H])c6c([2H])c([2H])c([2H])c([2H])c6c5[2H])c([2H])c34)c([2H])c2[2H])c([2H])c1[2H]. The largest absolute Gasteiger partial charge is 0.0636 e. The predicted molar refractivity (Wildman–Crippen MR) is 595 cm³/mol. The Morgan fingerprint density at radius 2 is 0.268 bits per heavy atom. The molecule has 0 heteroatoms. The van der Waals surface area contributed by atoms with Gasteiger partial charge >= 0.3 is 0 Å². The van der Waals surface area contributed by atoms with E-state index < -0.39 is 807 Å². The molecule has 0 fully saturated rings. The first kappa shape index (κ1) is 31.1. The van der Waals surface area contributed by atoms with Crippen molar-refractivity contribution in [3.8, 4) is 134 Å². The van der Waals surface area contributed by atoms with Gasteiger partial charge in [0.1, 0.15) is 0 Å². The molecule has 27 aromatic carbocycles. The summed E-state index contributed by atoms with van der Waals surface area (Å²) in [6, 6.07) is -89.8. The predicted octanol–water partition coefficient (Wildman–Crippen LogP) is 38.9. The number of benzene rings is 27. The van der Waals surface area contributed by atoms with Crippen molar-refractivity contribution in [2.24, 2.45) is 0 Å². The zero-order valence-corrected chi connectivity index (χ0v) is 69.0. The van der Waals surface area contributed by atoms with Crippen molar-refractivity contribution >= 4 is 129 Å². The number of hydrogen-bond donors (Lipinski definition) is 0. The number of rotatable bonds is 12. The molecule has 27 aromatic rings. The maximum absolute atomic E-state index is 10.2. The van der Waals surface area contributed by atoms with E-state index in [9.17, 15) is 53.5 Å². The Morgan fingerprint density at radius 1 is 0.0870 bits per heavy atom. The third-order valence-corrected chi connectivity index (χ3v) is 21.4. The lowest BCUT2D eigenvalue weighted by molar-refractivity contribution is 1.61. The summed E-state index contributed by atoms with van der Waals surface area (Å²) in [5, 5.41) is -18.4. The normalized spacial score (nSPS) is 20.6. The van der Waals surface area contributed by atoms with Crippen LogP contribution in [-0.4, -0.2) is 0 Å². The molecule has 0 aliphatic heterocycles. The minimum atomic E-state index is -1.17. The molecule has 0 nitrogen and oxygen atoms in total. The highest BCUT2D eigenvalue weighted by Crippen LogP contribution is 2.51. The second kappa shape index (κ2) is 35.5. The van der Waals surface area contributed by atoms with Crippen LogP contribution in [-0.2, 0) is 0 Å². The maximum Gasteiger partial charge on any atom is 0.0636 e. The molecule has 0 saturated carbocycles. The van der Waals surface area contributed by atoms with Crippen molar-refractivity contribution in [2.75, 3.05) is 0 Å². The highest BCUT2D eigenvalue weighted by molar-refractivity contribution is 6.26. The van der Waals surface area contributed by atoms with Gasteiger partial charge in [-0.25, -0.2) is 0 Å². The minimum Gasteiger partial charge on any atom is -0.0622 e. The lowest BCUT2D eigenvalue weighted by atomic mass is 9.84. The van der Waals surface area contributed by atoms with E-state index in [4.69, 9.17) is 69.9 Å². The maximum atomic E-state index is 10.2. The summed E-state index contributed by atoms with van der Waals surface area (Å²) < 4.78 is 809. The van der Waals surface area contributed by atoms with Gasteiger partial charge in [-0.05, 0) is 311 Å². The van der Waals surface area contributed by atoms with Crippen molar-refractivity contribution < 1.29 is 123 Å². The van der Waals surface area contributed by atoms with Crippen molar-refractivity contribution in [1.82, 2.24) is 0 Å². The highest BCUT2D eigenvalue weighted by Gasteiger charge is 2.24. The van der Waals surface area contributed by atoms with Crippen molar-refractivity contribution in [2.45, 2.75) is 0 Å². The second-order valence-electron chi connectivity index (χ2n) is 29.2. The van der Waals surface area contributed by atoms with Crippen molar-refractivity contribution in [3.05, 3.63) is 544 Å². The summed E-state index contributed by atoms with van der Waals surface area (Å²) in [6.45, 7) is 0. The molecular formula is C138H90. The van der Waals surface area contributed by atoms with E-state index >= 15 is 0 Å². The van der Waals surface area contributed by atoms with E-state index in [1.165, 1.54) is 0 Å². The van der Waals surface area contributed by atoms with Gasteiger partial charge in [-0.3, -0.25) is 0 Å². The Labute approximate surface area is 929 Å². The molecular weight excluding hydrogens is 1660 g/mol. The quantitative estimate of drug-likeness (QED) is 0.107. The number of fused-ring (bicyclic) bond motifs is 12. The Bertz CT molecular complexity index is 15200. The monoisotopic (exact) mass is 1840 g/mol. The van der Waals surface area contributed by atoms with Gasteiger partial charge in [-0.1, -0.05) is 495 Å². The molecule has 0 amide bonds. The summed E-state index contributed by atoms with van der Waals surface area (Å²) in [4.78, 5) is 0. The van der Waals surface area contributed by atoms with Crippen LogP contribution in [0, 0.1) is 0 Å². The van der Waals surface area contributed by atoms with Crippen LogP contribution in [0.2, 0.25) is 0 Å². The van der Waals surface area contributed by atoms with Crippen molar-refractivity contribution in [3.63, 3.8) is 0 Å². The smallest absolute Gasteiger partial charge is 0.0622 e. The summed E-state index contributed by atoms with van der Waals surface area (Å²) in [5.41, 5.74) is -21.0. The molecule has 0 unspecified atom stereocenters. The summed E-state index contributed by atoms with van der Waals surface area (Å²) in [6.07, 6.45) is 0. The standard InChI is InChI=1S/3C46H30/c1-2-10-31(11-3-1)34-18-22-35(23-19-34)45-41-16-8-9-17-42(41)46(40-25-21-33-13-5-7-15-37(33)29-40)43-27-26-39(30-44(43)45)38-24-20-32-12-4-6-14-36(32)28-38;1-2-10-31(11-3-1)34-18-22-35(23-19-34)45-41-16-8-9-17-42(41)46(40-25-21-33-13-5-7-15-37(33)29-40)44-30-39(26-27-43(44)45)38-24-20-32-12-4-6-14-36(32)28-38;1-2-11-31(12-3-1)33-21-24-35(25-22-33)45-41-18-8-9-19-42(41)46(38-26-23-32-13-4-5-15-36(32)29-38)43-28-27-37(30-44(43)45)40-20-10-16-34-14-6-7-17-39(34)40/h3*1-30H/i3*1D,2D,3D,4D,5D,6D,7D,8D,9D,10D,11D,12D,13D,14D,15D,16D,17D,18D,19D,20D,21D,22D,23D,24D,25D,26D,27D,28D,29D,30D. The zero-order chi connectivity index (χ0) is 170. The molecule has 0 heterocycles. The average Bonchev–Trinajstić information content (AvgIpc) is 0.680. The van der Waals surface area contributed by atoms with Crippen LogP contribution in [0.3, 0.4) is 0 Å². The average molecular weight is 1840 g/mol. The first-order chi connectivity index (χ1) is 106. The van der Waals surface area contributed by atoms with Crippen LogP contribution >= 0.6 is 0 Å². The fourth-order valence-corrected chi connectivity index (χ4v) is 15.4. The van der Waals surface area contributed by atoms with Gasteiger partial charge in [0, 0.05) is 0 Å². The molecule has 0 N–H and O–H groups in total. The lowest BCUT2D eigenvalue weighted by Crippen LogP contribution is -1.92. The molecule has 0 bridgehead atoms. The summed E-state index contributed by atoms with van der Waals surface area (Å²) >= 11 is 0. The van der Waals surface area contributed by atoms with Gasteiger partial charge in [0.15, 0.2) is 0 Å². The molecule has 0 saturated heterocycles. The molecule has 0 atom stereocenters. The molecule has 0 aliphatic rings. The lowest BCUT2D eigenvalue weighted by Gasteiger charge is -2.19.